The molecule has 1 aromatic carbocycles. The minimum atomic E-state index is -0.0330. The Hall–Kier alpha value is -2.97. The van der Waals surface area contributed by atoms with E-state index >= 15 is 0 Å². The summed E-state index contributed by atoms with van der Waals surface area (Å²) in [7, 11) is 0. The second-order valence-corrected chi connectivity index (χ2v) is 7.90. The summed E-state index contributed by atoms with van der Waals surface area (Å²) < 4.78 is 13.2. The Labute approximate surface area is 175 Å². The zero-order chi connectivity index (χ0) is 20.5. The summed E-state index contributed by atoms with van der Waals surface area (Å²) in [6.07, 6.45) is 1.57. The van der Waals surface area contributed by atoms with E-state index in [0.29, 0.717) is 25.2 Å². The molecule has 1 atom stereocenters. The van der Waals surface area contributed by atoms with Crippen molar-refractivity contribution < 1.29 is 13.9 Å². The maximum Gasteiger partial charge on any atom is 0.257 e. The molecule has 8 nitrogen and oxygen atoms in total. The van der Waals surface area contributed by atoms with Gasteiger partial charge < -0.3 is 18.6 Å². The lowest BCUT2D eigenvalue weighted by molar-refractivity contribution is 0.0313. The van der Waals surface area contributed by atoms with E-state index in [1.807, 2.05) is 41.3 Å². The summed E-state index contributed by atoms with van der Waals surface area (Å²) in [5.41, 5.74) is 1.62. The summed E-state index contributed by atoms with van der Waals surface area (Å²) in [4.78, 5) is 17.2. The predicted octanol–water partition coefficient (Wildman–Crippen LogP) is 2.59. The number of carbonyl (C=O) groups is 1. The molecular formula is C22H25N5O3. The quantitative estimate of drug-likeness (QED) is 0.662. The standard InChI is InChI=1S/C22H25N5O3/c1-16-12-26(14-20-23-24-21(27(16)20)17-5-3-2-4-6-17)22(28)18-11-19(30-15-18)13-25-7-9-29-10-8-25/h2-6,11,15-16H,7-10,12-14H2,1H3/t16-/m0/s1. The smallest absolute Gasteiger partial charge is 0.257 e. The van der Waals surface area contributed by atoms with Gasteiger partial charge in [0.25, 0.3) is 5.91 Å². The maximum atomic E-state index is 13.1. The second-order valence-electron chi connectivity index (χ2n) is 7.90. The topological polar surface area (TPSA) is 76.6 Å². The average Bonchev–Trinajstić information content (AvgIpc) is 3.42. The van der Waals surface area contributed by atoms with Crippen LogP contribution in [0.15, 0.2) is 47.1 Å². The number of fused-ring (bicyclic) bond motifs is 1. The highest BCUT2D eigenvalue weighted by Crippen LogP contribution is 2.28. The molecule has 4 heterocycles. The molecule has 2 aromatic heterocycles. The molecule has 2 aliphatic heterocycles. The normalized spacial score (nSPS) is 19.6. The van der Waals surface area contributed by atoms with Crippen LogP contribution in [-0.4, -0.2) is 63.3 Å². The number of ether oxygens (including phenoxy) is 1. The summed E-state index contributed by atoms with van der Waals surface area (Å²) in [5, 5.41) is 8.76. The zero-order valence-corrected chi connectivity index (χ0v) is 17.0. The van der Waals surface area contributed by atoms with Crippen LogP contribution in [0.5, 0.6) is 0 Å². The van der Waals surface area contributed by atoms with Crippen molar-refractivity contribution in [1.82, 2.24) is 24.6 Å². The van der Waals surface area contributed by atoms with Crippen molar-refractivity contribution in [2.24, 2.45) is 0 Å². The van der Waals surface area contributed by atoms with Crippen LogP contribution in [-0.2, 0) is 17.8 Å². The van der Waals surface area contributed by atoms with Crippen molar-refractivity contribution in [3.63, 3.8) is 0 Å². The van der Waals surface area contributed by atoms with Crippen molar-refractivity contribution >= 4 is 5.91 Å². The van der Waals surface area contributed by atoms with Crippen LogP contribution in [0.2, 0.25) is 0 Å². The van der Waals surface area contributed by atoms with E-state index in [1.54, 1.807) is 6.26 Å². The Balaban J connectivity index is 1.31. The Bertz CT molecular complexity index is 1020. The molecule has 1 saturated heterocycles. The second kappa shape index (κ2) is 8.04. The van der Waals surface area contributed by atoms with E-state index in [2.05, 4.69) is 26.6 Å². The fourth-order valence-corrected chi connectivity index (χ4v) is 4.21. The highest BCUT2D eigenvalue weighted by molar-refractivity contribution is 5.94. The Kier molecular flexibility index (Phi) is 5.10. The van der Waals surface area contributed by atoms with Gasteiger partial charge >= 0.3 is 0 Å². The summed E-state index contributed by atoms with van der Waals surface area (Å²) in [6.45, 7) is 7.08. The van der Waals surface area contributed by atoms with E-state index in [-0.39, 0.29) is 11.9 Å². The number of furan rings is 1. The molecule has 0 unspecified atom stereocenters. The monoisotopic (exact) mass is 407 g/mol. The summed E-state index contributed by atoms with van der Waals surface area (Å²) >= 11 is 0. The number of nitrogens with zero attached hydrogens (tertiary/aromatic N) is 5. The molecule has 5 rings (SSSR count). The fraction of sp³-hybridized carbons (Fsp3) is 0.409. The van der Waals surface area contributed by atoms with E-state index in [4.69, 9.17) is 9.15 Å². The fourth-order valence-electron chi connectivity index (χ4n) is 4.21. The highest BCUT2D eigenvalue weighted by atomic mass is 16.5. The van der Waals surface area contributed by atoms with Crippen molar-refractivity contribution in [3.05, 3.63) is 59.8 Å². The molecular weight excluding hydrogens is 382 g/mol. The number of aromatic nitrogens is 3. The van der Waals surface area contributed by atoms with Gasteiger partial charge in [0.15, 0.2) is 11.6 Å². The van der Waals surface area contributed by atoms with Gasteiger partial charge in [-0.05, 0) is 13.0 Å². The average molecular weight is 407 g/mol. The Morgan fingerprint density at radius 3 is 2.77 bits per heavy atom. The lowest BCUT2D eigenvalue weighted by Gasteiger charge is -2.32. The third kappa shape index (κ3) is 3.64. The third-order valence-electron chi connectivity index (χ3n) is 5.73. The number of benzene rings is 1. The van der Waals surface area contributed by atoms with Crippen LogP contribution >= 0.6 is 0 Å². The molecule has 2 aliphatic rings. The lowest BCUT2D eigenvalue weighted by atomic mass is 10.1. The van der Waals surface area contributed by atoms with Gasteiger partial charge in [-0.25, -0.2) is 0 Å². The highest BCUT2D eigenvalue weighted by Gasteiger charge is 2.30. The van der Waals surface area contributed by atoms with Crippen molar-refractivity contribution in [3.8, 4) is 11.4 Å². The van der Waals surface area contributed by atoms with E-state index < -0.39 is 0 Å². The van der Waals surface area contributed by atoms with Crippen LogP contribution in [0.4, 0.5) is 0 Å². The first-order chi connectivity index (χ1) is 14.7. The number of amides is 1. The number of hydrogen-bond acceptors (Lipinski definition) is 6. The van der Waals surface area contributed by atoms with Gasteiger partial charge in [0, 0.05) is 25.2 Å². The Morgan fingerprint density at radius 2 is 1.97 bits per heavy atom. The van der Waals surface area contributed by atoms with Crippen molar-refractivity contribution in [1.29, 1.82) is 0 Å². The Morgan fingerprint density at radius 1 is 1.17 bits per heavy atom. The van der Waals surface area contributed by atoms with Gasteiger partial charge in [-0.2, -0.15) is 0 Å². The van der Waals surface area contributed by atoms with Crippen LogP contribution in [0, 0.1) is 0 Å². The van der Waals surface area contributed by atoms with Gasteiger partial charge in [0.05, 0.1) is 37.9 Å². The van der Waals surface area contributed by atoms with Crippen LogP contribution in [0.25, 0.3) is 11.4 Å². The molecule has 0 N–H and O–H groups in total. The molecule has 8 heteroatoms. The number of rotatable bonds is 4. The molecule has 0 radical (unpaired) electrons. The van der Waals surface area contributed by atoms with Crippen molar-refractivity contribution in [2.45, 2.75) is 26.1 Å². The molecule has 0 bridgehead atoms. The van der Waals surface area contributed by atoms with Crippen LogP contribution in [0.3, 0.4) is 0 Å². The molecule has 156 valence electrons. The lowest BCUT2D eigenvalue weighted by Crippen LogP contribution is -2.40. The number of hydrogen-bond donors (Lipinski definition) is 0. The molecule has 30 heavy (non-hydrogen) atoms. The molecule has 0 aliphatic carbocycles. The number of carbonyl (C=O) groups excluding carboxylic acids is 1. The minimum absolute atomic E-state index is 0.0330. The molecule has 0 spiro atoms. The van der Waals surface area contributed by atoms with E-state index in [9.17, 15) is 4.79 Å². The first-order valence-electron chi connectivity index (χ1n) is 10.3. The third-order valence-corrected chi connectivity index (χ3v) is 5.73. The molecule has 1 amide bonds. The molecule has 3 aromatic rings. The first-order valence-corrected chi connectivity index (χ1v) is 10.3. The van der Waals surface area contributed by atoms with Crippen LogP contribution in [0.1, 0.15) is 34.9 Å². The van der Waals surface area contributed by atoms with Gasteiger partial charge in [0.2, 0.25) is 0 Å². The zero-order valence-electron chi connectivity index (χ0n) is 17.0. The van der Waals surface area contributed by atoms with Crippen molar-refractivity contribution in [2.75, 3.05) is 32.8 Å². The molecule has 0 saturated carbocycles. The van der Waals surface area contributed by atoms with E-state index in [1.165, 1.54) is 0 Å². The summed E-state index contributed by atoms with van der Waals surface area (Å²) in [6, 6.07) is 12.0. The largest absolute Gasteiger partial charge is 0.467 e. The summed E-state index contributed by atoms with van der Waals surface area (Å²) in [5.74, 6) is 2.42. The number of morpholine rings is 1. The van der Waals surface area contributed by atoms with E-state index in [0.717, 1.165) is 49.3 Å². The minimum Gasteiger partial charge on any atom is -0.467 e. The van der Waals surface area contributed by atoms with Gasteiger partial charge in [0.1, 0.15) is 12.0 Å². The predicted molar refractivity (Wildman–Crippen MR) is 110 cm³/mol. The molecule has 1 fully saturated rings. The maximum absolute atomic E-state index is 13.1. The van der Waals surface area contributed by atoms with Gasteiger partial charge in [-0.1, -0.05) is 30.3 Å². The van der Waals surface area contributed by atoms with Gasteiger partial charge in [-0.15, -0.1) is 10.2 Å². The first kappa shape index (κ1) is 19.0. The SMILES string of the molecule is C[C@H]1CN(C(=O)c2coc(CN3CCOCC3)c2)Cc2nnc(-c3ccccc3)n21. The van der Waals surface area contributed by atoms with Gasteiger partial charge in [-0.3, -0.25) is 9.69 Å². The van der Waals surface area contributed by atoms with Crippen LogP contribution < -0.4 is 0 Å².